The maximum atomic E-state index is 11.9. The standard InChI is InChI=1S/C12H11F3/c1-8-6-10(3)11(7-9(8)2)4-5-12(13,14)15/h6-7H,1-3H3. The molecule has 0 heterocycles. The van der Waals surface area contributed by atoms with Crippen molar-refractivity contribution in [3.8, 4) is 11.8 Å². The summed E-state index contributed by atoms with van der Waals surface area (Å²) in [6, 6.07) is 3.53. The fourth-order valence-electron chi connectivity index (χ4n) is 1.23. The molecule has 80 valence electrons. The summed E-state index contributed by atoms with van der Waals surface area (Å²) in [5.74, 6) is 3.42. The molecular weight excluding hydrogens is 201 g/mol. The summed E-state index contributed by atoms with van der Waals surface area (Å²) in [6.07, 6.45) is -4.43. The van der Waals surface area contributed by atoms with Crippen LogP contribution in [0.5, 0.6) is 0 Å². The van der Waals surface area contributed by atoms with E-state index in [9.17, 15) is 13.2 Å². The molecule has 0 fully saturated rings. The van der Waals surface area contributed by atoms with Crippen LogP contribution in [0.25, 0.3) is 0 Å². The van der Waals surface area contributed by atoms with Crippen molar-refractivity contribution in [1.29, 1.82) is 0 Å². The van der Waals surface area contributed by atoms with E-state index in [0.29, 0.717) is 5.56 Å². The third kappa shape index (κ3) is 3.32. The molecule has 0 spiro atoms. The SMILES string of the molecule is Cc1cc(C)c(C#CC(F)(F)F)cc1C. The summed E-state index contributed by atoms with van der Waals surface area (Å²) >= 11 is 0. The fraction of sp³-hybridized carbons (Fsp3) is 0.333. The van der Waals surface area contributed by atoms with Gasteiger partial charge in [0.2, 0.25) is 0 Å². The van der Waals surface area contributed by atoms with Crippen LogP contribution in [0.4, 0.5) is 13.2 Å². The third-order valence-corrected chi connectivity index (χ3v) is 2.18. The van der Waals surface area contributed by atoms with E-state index >= 15 is 0 Å². The average molecular weight is 212 g/mol. The third-order valence-electron chi connectivity index (χ3n) is 2.18. The summed E-state index contributed by atoms with van der Waals surface area (Å²) in [5.41, 5.74) is 3.22. The summed E-state index contributed by atoms with van der Waals surface area (Å²) in [5, 5.41) is 0. The Hall–Kier alpha value is -1.43. The Kier molecular flexibility index (Phi) is 3.09. The Balaban J connectivity index is 3.15. The second kappa shape index (κ2) is 3.98. The molecule has 15 heavy (non-hydrogen) atoms. The van der Waals surface area contributed by atoms with Gasteiger partial charge in [-0.25, -0.2) is 0 Å². The molecule has 0 aliphatic heterocycles. The molecule has 0 bridgehead atoms. The lowest BCUT2D eigenvalue weighted by molar-refractivity contribution is -0.0696. The van der Waals surface area contributed by atoms with Gasteiger partial charge in [0.1, 0.15) is 0 Å². The van der Waals surface area contributed by atoms with Crippen LogP contribution in [0.1, 0.15) is 22.3 Å². The number of benzene rings is 1. The highest BCUT2D eigenvalue weighted by molar-refractivity contribution is 5.46. The molecule has 1 rings (SSSR count). The molecule has 0 amide bonds. The largest absolute Gasteiger partial charge is 0.458 e. The predicted octanol–water partition coefficient (Wildman–Crippen LogP) is 3.53. The summed E-state index contributed by atoms with van der Waals surface area (Å²) in [7, 11) is 0. The number of aryl methyl sites for hydroxylation is 3. The van der Waals surface area contributed by atoms with Crippen LogP contribution < -0.4 is 0 Å². The van der Waals surface area contributed by atoms with E-state index in [0.717, 1.165) is 16.7 Å². The van der Waals surface area contributed by atoms with Gasteiger partial charge >= 0.3 is 6.18 Å². The zero-order valence-corrected chi connectivity index (χ0v) is 8.79. The smallest absolute Gasteiger partial charge is 0.159 e. The minimum absolute atomic E-state index is 0.440. The Morgan fingerprint density at radius 1 is 0.933 bits per heavy atom. The summed E-state index contributed by atoms with van der Waals surface area (Å²) < 4.78 is 35.6. The number of hydrogen-bond acceptors (Lipinski definition) is 0. The zero-order valence-electron chi connectivity index (χ0n) is 8.79. The molecular formula is C12H11F3. The number of hydrogen-bond donors (Lipinski definition) is 0. The second-order valence-electron chi connectivity index (χ2n) is 3.50. The lowest BCUT2D eigenvalue weighted by Gasteiger charge is -2.04. The van der Waals surface area contributed by atoms with Crippen molar-refractivity contribution in [2.45, 2.75) is 26.9 Å². The van der Waals surface area contributed by atoms with Gasteiger partial charge in [0.15, 0.2) is 0 Å². The molecule has 0 unspecified atom stereocenters. The van der Waals surface area contributed by atoms with Gasteiger partial charge < -0.3 is 0 Å². The van der Waals surface area contributed by atoms with Gasteiger partial charge in [-0.15, -0.1) is 0 Å². The lowest BCUT2D eigenvalue weighted by atomic mass is 10.0. The average Bonchev–Trinajstić information content (AvgIpc) is 2.07. The van der Waals surface area contributed by atoms with Crippen LogP contribution >= 0.6 is 0 Å². The number of alkyl halides is 3. The molecule has 0 aromatic heterocycles. The van der Waals surface area contributed by atoms with E-state index < -0.39 is 6.18 Å². The molecule has 0 saturated heterocycles. The first-order valence-electron chi connectivity index (χ1n) is 4.47. The minimum atomic E-state index is -4.43. The van der Waals surface area contributed by atoms with Crippen molar-refractivity contribution in [3.05, 3.63) is 34.4 Å². The summed E-state index contributed by atoms with van der Waals surface area (Å²) in [6.45, 7) is 5.53. The van der Waals surface area contributed by atoms with Crippen LogP contribution in [0, 0.1) is 32.6 Å². The maximum Gasteiger partial charge on any atom is 0.458 e. The minimum Gasteiger partial charge on any atom is -0.159 e. The second-order valence-corrected chi connectivity index (χ2v) is 3.50. The number of halogens is 3. The first kappa shape index (κ1) is 11.6. The maximum absolute atomic E-state index is 11.9. The van der Waals surface area contributed by atoms with Crippen molar-refractivity contribution in [2.24, 2.45) is 0 Å². The lowest BCUT2D eigenvalue weighted by Crippen LogP contribution is -2.02. The molecule has 0 N–H and O–H groups in total. The molecule has 0 radical (unpaired) electrons. The van der Waals surface area contributed by atoms with Gasteiger partial charge in [-0.05, 0) is 43.5 Å². The Labute approximate surface area is 87.1 Å². The van der Waals surface area contributed by atoms with Crippen molar-refractivity contribution in [2.75, 3.05) is 0 Å². The van der Waals surface area contributed by atoms with Crippen LogP contribution in [0.15, 0.2) is 12.1 Å². The van der Waals surface area contributed by atoms with Crippen LogP contribution in [0.2, 0.25) is 0 Å². The normalized spacial score (nSPS) is 10.8. The highest BCUT2D eigenvalue weighted by Gasteiger charge is 2.22. The fourth-order valence-corrected chi connectivity index (χ4v) is 1.23. The zero-order chi connectivity index (χ0) is 11.6. The predicted molar refractivity (Wildman–Crippen MR) is 53.6 cm³/mol. The van der Waals surface area contributed by atoms with Gasteiger partial charge in [-0.2, -0.15) is 13.2 Å². The van der Waals surface area contributed by atoms with Crippen LogP contribution in [0.3, 0.4) is 0 Å². The monoisotopic (exact) mass is 212 g/mol. The molecule has 1 aromatic rings. The van der Waals surface area contributed by atoms with Crippen molar-refractivity contribution >= 4 is 0 Å². The van der Waals surface area contributed by atoms with Crippen molar-refractivity contribution in [3.63, 3.8) is 0 Å². The van der Waals surface area contributed by atoms with Crippen LogP contribution in [-0.2, 0) is 0 Å². The number of rotatable bonds is 0. The van der Waals surface area contributed by atoms with Gasteiger partial charge in [0.25, 0.3) is 0 Å². The Bertz CT molecular complexity index is 431. The van der Waals surface area contributed by atoms with E-state index in [1.165, 1.54) is 5.92 Å². The molecule has 0 aliphatic rings. The highest BCUT2D eigenvalue weighted by Crippen LogP contribution is 2.16. The van der Waals surface area contributed by atoms with Crippen molar-refractivity contribution < 1.29 is 13.2 Å². The quantitative estimate of drug-likeness (QED) is 0.577. The Morgan fingerprint density at radius 3 is 2.00 bits per heavy atom. The van der Waals surface area contributed by atoms with E-state index in [1.54, 1.807) is 13.0 Å². The van der Waals surface area contributed by atoms with E-state index in [-0.39, 0.29) is 0 Å². The van der Waals surface area contributed by atoms with Gasteiger partial charge in [0.05, 0.1) is 0 Å². The van der Waals surface area contributed by atoms with Gasteiger partial charge in [-0.1, -0.05) is 12.0 Å². The molecule has 1 aromatic carbocycles. The first-order valence-corrected chi connectivity index (χ1v) is 4.47. The van der Waals surface area contributed by atoms with Crippen LogP contribution in [-0.4, -0.2) is 6.18 Å². The van der Waals surface area contributed by atoms with E-state index in [1.807, 2.05) is 19.9 Å². The topological polar surface area (TPSA) is 0 Å². The van der Waals surface area contributed by atoms with E-state index in [2.05, 4.69) is 5.92 Å². The first-order chi connectivity index (χ1) is 6.79. The van der Waals surface area contributed by atoms with E-state index in [4.69, 9.17) is 0 Å². The molecule has 0 nitrogen and oxygen atoms in total. The van der Waals surface area contributed by atoms with Crippen molar-refractivity contribution in [1.82, 2.24) is 0 Å². The molecule has 3 heteroatoms. The summed E-state index contributed by atoms with van der Waals surface area (Å²) in [4.78, 5) is 0. The molecule has 0 saturated carbocycles. The Morgan fingerprint density at radius 2 is 1.47 bits per heavy atom. The molecule has 0 aliphatic carbocycles. The highest BCUT2D eigenvalue weighted by atomic mass is 19.4. The van der Waals surface area contributed by atoms with Gasteiger partial charge in [-0.3, -0.25) is 0 Å². The van der Waals surface area contributed by atoms with Gasteiger partial charge in [0, 0.05) is 11.5 Å². The molecule has 0 atom stereocenters.